The molecule has 0 aliphatic carbocycles. The Morgan fingerprint density at radius 3 is 2.38 bits per heavy atom. The molecule has 1 nitrogen and oxygen atoms in total. The summed E-state index contributed by atoms with van der Waals surface area (Å²) < 4.78 is 36.5. The predicted molar refractivity (Wildman–Crippen MR) is 57.0 cm³/mol. The summed E-state index contributed by atoms with van der Waals surface area (Å²) in [4.78, 5) is 11.0. The van der Waals surface area contributed by atoms with Crippen molar-refractivity contribution in [2.24, 2.45) is 5.92 Å². The minimum Gasteiger partial charge on any atom is -0.290 e. The summed E-state index contributed by atoms with van der Waals surface area (Å²) in [5.74, 6) is -1.72. The van der Waals surface area contributed by atoms with Crippen LogP contribution in [0.2, 0.25) is 0 Å². The zero-order valence-corrected chi connectivity index (χ0v) is 9.15. The normalized spacial score (nSPS) is 13.4. The smallest absolute Gasteiger partial charge is 0.290 e. The maximum atomic E-state index is 12.2. The van der Waals surface area contributed by atoms with Gasteiger partial charge in [-0.2, -0.15) is 13.2 Å². The van der Waals surface area contributed by atoms with Gasteiger partial charge in [-0.15, -0.1) is 11.8 Å². The van der Waals surface area contributed by atoms with Gasteiger partial charge in [0.2, 0.25) is 6.29 Å². The molecule has 0 aliphatic rings. The Morgan fingerprint density at radius 2 is 1.88 bits per heavy atom. The van der Waals surface area contributed by atoms with Gasteiger partial charge < -0.3 is 0 Å². The number of carbonyl (C=O) groups excluding carboxylic acids is 1. The van der Waals surface area contributed by atoms with Crippen LogP contribution in [0.25, 0.3) is 0 Å². The molecule has 0 N–H and O–H groups in total. The van der Waals surface area contributed by atoms with E-state index in [4.69, 9.17) is 0 Å². The Labute approximate surface area is 96.0 Å². The fourth-order valence-corrected chi connectivity index (χ4v) is 2.04. The number of hydrogen-bond donors (Lipinski definition) is 0. The van der Waals surface area contributed by atoms with Crippen molar-refractivity contribution in [3.05, 3.63) is 30.3 Å². The number of hydrogen-bond acceptors (Lipinski definition) is 2. The molecule has 1 unspecified atom stereocenters. The van der Waals surface area contributed by atoms with Crippen molar-refractivity contribution in [2.75, 3.05) is 5.75 Å². The van der Waals surface area contributed by atoms with Gasteiger partial charge in [-0.25, -0.2) is 0 Å². The van der Waals surface area contributed by atoms with Crippen LogP contribution in [0.1, 0.15) is 6.42 Å². The van der Waals surface area contributed by atoms with E-state index in [0.29, 0.717) is 0 Å². The summed E-state index contributed by atoms with van der Waals surface area (Å²) in [6.45, 7) is 0. The van der Waals surface area contributed by atoms with Gasteiger partial charge >= 0.3 is 6.18 Å². The Balaban J connectivity index is 2.38. The zero-order chi connectivity index (χ0) is 12.0. The number of thioether (sulfide) groups is 1. The molecule has 0 fully saturated rings. The SMILES string of the molecule is O=[C]C(CCSc1ccccc1)C(F)(F)F. The zero-order valence-electron chi connectivity index (χ0n) is 8.33. The molecule has 0 aromatic heterocycles. The molecule has 0 spiro atoms. The summed E-state index contributed by atoms with van der Waals surface area (Å²) in [6, 6.07) is 9.10. The lowest BCUT2D eigenvalue weighted by Gasteiger charge is -2.12. The van der Waals surface area contributed by atoms with E-state index in [1.54, 1.807) is 0 Å². The first-order valence-electron chi connectivity index (χ1n) is 4.66. The number of halogens is 3. The third-order valence-corrected chi connectivity index (χ3v) is 3.00. The Morgan fingerprint density at radius 1 is 1.25 bits per heavy atom. The second kappa shape index (κ2) is 5.94. The highest BCUT2D eigenvalue weighted by Crippen LogP contribution is 2.29. The van der Waals surface area contributed by atoms with Gasteiger partial charge in [0.05, 0.1) is 0 Å². The third-order valence-electron chi connectivity index (χ3n) is 1.96. The van der Waals surface area contributed by atoms with Gasteiger partial charge in [-0.3, -0.25) is 4.79 Å². The highest BCUT2D eigenvalue weighted by molar-refractivity contribution is 7.99. The molecule has 87 valence electrons. The van der Waals surface area contributed by atoms with E-state index < -0.39 is 12.1 Å². The molecular weight excluding hydrogens is 237 g/mol. The molecule has 1 aromatic carbocycles. The number of alkyl halides is 3. The molecule has 0 bridgehead atoms. The van der Waals surface area contributed by atoms with Crippen LogP contribution in [0, 0.1) is 5.92 Å². The summed E-state index contributed by atoms with van der Waals surface area (Å²) in [5.41, 5.74) is 0. The molecule has 5 heteroatoms. The van der Waals surface area contributed by atoms with E-state index in [1.807, 2.05) is 30.3 Å². The molecule has 1 aromatic rings. The second-order valence-electron chi connectivity index (χ2n) is 3.16. The molecule has 0 heterocycles. The van der Waals surface area contributed by atoms with Gasteiger partial charge in [-0.1, -0.05) is 18.2 Å². The van der Waals surface area contributed by atoms with E-state index in [1.165, 1.54) is 11.8 Å². The van der Waals surface area contributed by atoms with Crippen molar-refractivity contribution in [3.63, 3.8) is 0 Å². The Kier molecular flexibility index (Phi) is 4.86. The molecule has 0 amide bonds. The van der Waals surface area contributed by atoms with Crippen LogP contribution in [-0.4, -0.2) is 18.2 Å². The Hall–Kier alpha value is -0.970. The van der Waals surface area contributed by atoms with Gasteiger partial charge in [0.1, 0.15) is 5.92 Å². The highest BCUT2D eigenvalue weighted by Gasteiger charge is 2.39. The van der Waals surface area contributed by atoms with Gasteiger partial charge in [0, 0.05) is 4.90 Å². The Bertz CT molecular complexity index is 324. The average molecular weight is 247 g/mol. The fourth-order valence-electron chi connectivity index (χ4n) is 1.10. The van der Waals surface area contributed by atoms with Crippen LogP contribution in [0.3, 0.4) is 0 Å². The average Bonchev–Trinajstić information content (AvgIpc) is 2.24. The summed E-state index contributed by atoms with van der Waals surface area (Å²) in [7, 11) is 0. The van der Waals surface area contributed by atoms with Crippen LogP contribution < -0.4 is 0 Å². The van der Waals surface area contributed by atoms with E-state index in [2.05, 4.69) is 0 Å². The maximum Gasteiger partial charge on any atom is 0.399 e. The van der Waals surface area contributed by atoms with Crippen LogP contribution >= 0.6 is 11.8 Å². The second-order valence-corrected chi connectivity index (χ2v) is 4.33. The molecule has 1 atom stereocenters. The first kappa shape index (κ1) is 13.1. The van der Waals surface area contributed by atoms with Crippen molar-refractivity contribution in [3.8, 4) is 0 Å². The van der Waals surface area contributed by atoms with E-state index in [-0.39, 0.29) is 12.2 Å². The van der Waals surface area contributed by atoms with E-state index in [0.717, 1.165) is 11.2 Å². The fraction of sp³-hybridized carbons (Fsp3) is 0.364. The van der Waals surface area contributed by atoms with Crippen molar-refractivity contribution >= 4 is 18.0 Å². The molecule has 0 saturated heterocycles. The number of benzene rings is 1. The quantitative estimate of drug-likeness (QED) is 0.741. The van der Waals surface area contributed by atoms with E-state index >= 15 is 0 Å². The standard InChI is InChI=1S/C11H10F3OS/c12-11(13,14)9(8-15)6-7-16-10-4-2-1-3-5-10/h1-5,9H,6-7H2. The first-order valence-corrected chi connectivity index (χ1v) is 5.65. The van der Waals surface area contributed by atoms with Gasteiger partial charge in [0.15, 0.2) is 0 Å². The lowest BCUT2D eigenvalue weighted by atomic mass is 10.1. The van der Waals surface area contributed by atoms with Crippen LogP contribution in [-0.2, 0) is 4.79 Å². The third kappa shape index (κ3) is 4.26. The van der Waals surface area contributed by atoms with E-state index in [9.17, 15) is 18.0 Å². The first-order chi connectivity index (χ1) is 7.54. The summed E-state index contributed by atoms with van der Waals surface area (Å²) >= 11 is 1.30. The van der Waals surface area contributed by atoms with Gasteiger partial charge in [-0.05, 0) is 24.3 Å². The van der Waals surface area contributed by atoms with Gasteiger partial charge in [0.25, 0.3) is 0 Å². The van der Waals surface area contributed by atoms with Crippen molar-refractivity contribution in [1.29, 1.82) is 0 Å². The topological polar surface area (TPSA) is 17.1 Å². The van der Waals surface area contributed by atoms with Crippen LogP contribution in [0.4, 0.5) is 13.2 Å². The maximum absolute atomic E-state index is 12.2. The minimum absolute atomic E-state index is 0.230. The lowest BCUT2D eigenvalue weighted by molar-refractivity contribution is -0.155. The van der Waals surface area contributed by atoms with Crippen molar-refractivity contribution in [2.45, 2.75) is 17.5 Å². The largest absolute Gasteiger partial charge is 0.399 e. The monoisotopic (exact) mass is 247 g/mol. The molecular formula is C11H10F3OS. The van der Waals surface area contributed by atoms with Crippen molar-refractivity contribution < 1.29 is 18.0 Å². The van der Waals surface area contributed by atoms with Crippen LogP contribution in [0.5, 0.6) is 0 Å². The predicted octanol–water partition coefficient (Wildman–Crippen LogP) is 3.46. The van der Waals surface area contributed by atoms with Crippen LogP contribution in [0.15, 0.2) is 35.2 Å². The molecule has 0 saturated carbocycles. The molecule has 16 heavy (non-hydrogen) atoms. The van der Waals surface area contributed by atoms with Crippen molar-refractivity contribution in [1.82, 2.24) is 0 Å². The molecule has 0 aliphatic heterocycles. The molecule has 1 radical (unpaired) electrons. The summed E-state index contributed by atoms with van der Waals surface area (Å²) in [5, 5.41) is 0. The number of rotatable bonds is 5. The lowest BCUT2D eigenvalue weighted by Crippen LogP contribution is -2.24. The molecule has 1 rings (SSSR count). The minimum atomic E-state index is -4.47. The highest BCUT2D eigenvalue weighted by atomic mass is 32.2. The summed E-state index contributed by atoms with van der Waals surface area (Å²) in [6.07, 6.45) is -3.66.